The summed E-state index contributed by atoms with van der Waals surface area (Å²) in [5.41, 5.74) is 0. The fourth-order valence-corrected chi connectivity index (χ4v) is 2.41. The van der Waals surface area contributed by atoms with Gasteiger partial charge in [0.1, 0.15) is 0 Å². The largest absolute Gasteiger partial charge is 0.394 e. The molecule has 0 bridgehead atoms. The van der Waals surface area contributed by atoms with Gasteiger partial charge in [-0.2, -0.15) is 14.7 Å². The molecule has 0 aromatic heterocycles. The molecule has 18 heavy (non-hydrogen) atoms. The Kier molecular flexibility index (Phi) is 5.89. The Bertz CT molecular complexity index is 228. The zero-order valence-electron chi connectivity index (χ0n) is 11.5. The van der Waals surface area contributed by atoms with E-state index in [1.54, 1.807) is 0 Å². The third-order valence-corrected chi connectivity index (χ3v) is 3.74. The van der Waals surface area contributed by atoms with Crippen molar-refractivity contribution in [3.05, 3.63) is 0 Å². The lowest BCUT2D eigenvalue weighted by atomic mass is 10.0. The molecule has 0 radical (unpaired) electrons. The Balaban J connectivity index is 1.30. The Morgan fingerprint density at radius 3 is 1.72 bits per heavy atom. The third-order valence-electron chi connectivity index (χ3n) is 3.74. The lowest BCUT2D eigenvalue weighted by Crippen LogP contribution is -2.46. The molecule has 2 heterocycles. The lowest BCUT2D eigenvalue weighted by molar-refractivity contribution is -0.516. The van der Waals surface area contributed by atoms with Gasteiger partial charge in [0, 0.05) is 0 Å². The molecule has 0 aliphatic carbocycles. The molecule has 0 aromatic carbocycles. The minimum atomic E-state index is -0.792. The third kappa shape index (κ3) is 4.19. The zero-order valence-corrected chi connectivity index (χ0v) is 11.5. The van der Waals surface area contributed by atoms with E-state index in [0.29, 0.717) is 0 Å². The maximum atomic E-state index is 4.94. The van der Waals surface area contributed by atoms with Crippen LogP contribution >= 0.6 is 0 Å². The maximum absolute atomic E-state index is 4.94. The van der Waals surface area contributed by atoms with Crippen molar-refractivity contribution in [2.24, 2.45) is 0 Å². The van der Waals surface area contributed by atoms with E-state index in [2.05, 4.69) is 6.92 Å². The minimum Gasteiger partial charge on any atom is -0.219 e. The van der Waals surface area contributed by atoms with Crippen molar-refractivity contribution >= 4 is 0 Å². The van der Waals surface area contributed by atoms with Crippen LogP contribution in [0.25, 0.3) is 0 Å². The van der Waals surface area contributed by atoms with Crippen LogP contribution in [-0.2, 0) is 19.6 Å². The van der Waals surface area contributed by atoms with E-state index >= 15 is 0 Å². The molecule has 2 fully saturated rings. The predicted octanol–water partition coefficient (Wildman–Crippen LogP) is 4.24. The highest BCUT2D eigenvalue weighted by Crippen LogP contribution is 2.46. The van der Waals surface area contributed by atoms with Crippen molar-refractivity contribution < 1.29 is 19.6 Å². The van der Waals surface area contributed by atoms with Crippen LogP contribution in [0.2, 0.25) is 0 Å². The fraction of sp³-hybridized carbons (Fsp3) is 1.00. The predicted molar refractivity (Wildman–Crippen MR) is 67.3 cm³/mol. The standard InChI is InChI=1S/C14H26O4/c1-2-3-4-5-6-7-8-9-10-11-12-13-14(16-15-13)17-18-14/h13H,2-12H2,1H3. The van der Waals surface area contributed by atoms with Crippen LogP contribution in [-0.4, -0.2) is 12.1 Å². The van der Waals surface area contributed by atoms with Crippen molar-refractivity contribution in [2.75, 3.05) is 0 Å². The van der Waals surface area contributed by atoms with Crippen LogP contribution in [0.5, 0.6) is 0 Å². The number of rotatable bonds is 11. The van der Waals surface area contributed by atoms with Gasteiger partial charge in [-0.1, -0.05) is 71.1 Å². The minimum absolute atomic E-state index is 0.00783. The summed E-state index contributed by atoms with van der Waals surface area (Å²) in [6.45, 7) is 2.26. The molecule has 4 nitrogen and oxygen atoms in total. The molecule has 106 valence electrons. The van der Waals surface area contributed by atoms with Gasteiger partial charge in [0.25, 0.3) is 0 Å². The van der Waals surface area contributed by atoms with E-state index in [0.717, 1.165) is 6.42 Å². The second-order valence-electron chi connectivity index (χ2n) is 5.41. The molecule has 0 N–H and O–H groups in total. The molecule has 2 saturated heterocycles. The Labute approximate surface area is 110 Å². The van der Waals surface area contributed by atoms with E-state index < -0.39 is 5.97 Å². The molecular weight excluding hydrogens is 232 g/mol. The van der Waals surface area contributed by atoms with Crippen molar-refractivity contribution in [1.29, 1.82) is 0 Å². The van der Waals surface area contributed by atoms with Crippen molar-refractivity contribution in [3.8, 4) is 0 Å². The van der Waals surface area contributed by atoms with Gasteiger partial charge in [-0.05, 0) is 6.42 Å². The first-order valence-electron chi connectivity index (χ1n) is 7.59. The SMILES string of the molecule is CCCCCCCCCCCCC1OOC12OO2. The monoisotopic (exact) mass is 258 g/mol. The van der Waals surface area contributed by atoms with E-state index in [-0.39, 0.29) is 6.10 Å². The van der Waals surface area contributed by atoms with E-state index in [1.807, 2.05) is 0 Å². The maximum Gasteiger partial charge on any atom is 0.394 e. The highest BCUT2D eigenvalue weighted by molar-refractivity contribution is 4.78. The van der Waals surface area contributed by atoms with Crippen LogP contribution in [0.15, 0.2) is 0 Å². The summed E-state index contributed by atoms with van der Waals surface area (Å²) >= 11 is 0. The average molecular weight is 258 g/mol. The van der Waals surface area contributed by atoms with Crippen molar-refractivity contribution in [1.82, 2.24) is 0 Å². The van der Waals surface area contributed by atoms with Crippen LogP contribution < -0.4 is 0 Å². The first-order chi connectivity index (χ1) is 8.87. The molecule has 4 heteroatoms. The molecule has 0 saturated carbocycles. The first kappa shape index (κ1) is 14.3. The van der Waals surface area contributed by atoms with Crippen LogP contribution in [0.3, 0.4) is 0 Å². The molecule has 2 rings (SSSR count). The van der Waals surface area contributed by atoms with Gasteiger partial charge in [-0.25, -0.2) is 4.89 Å². The second-order valence-corrected chi connectivity index (χ2v) is 5.41. The fourth-order valence-electron chi connectivity index (χ4n) is 2.41. The number of hydrogen-bond acceptors (Lipinski definition) is 4. The summed E-state index contributed by atoms with van der Waals surface area (Å²) in [7, 11) is 0. The van der Waals surface area contributed by atoms with Crippen LogP contribution in [0.1, 0.15) is 77.6 Å². The lowest BCUT2D eigenvalue weighted by Gasteiger charge is -2.27. The Hall–Kier alpha value is -0.160. The highest BCUT2D eigenvalue weighted by Gasteiger charge is 2.68. The first-order valence-corrected chi connectivity index (χ1v) is 7.59. The molecule has 0 amide bonds. The highest BCUT2D eigenvalue weighted by atomic mass is 17.5. The molecule has 1 spiro atoms. The molecular formula is C14H26O4. The van der Waals surface area contributed by atoms with Crippen LogP contribution in [0.4, 0.5) is 0 Å². The Morgan fingerprint density at radius 1 is 0.722 bits per heavy atom. The summed E-state index contributed by atoms with van der Waals surface area (Å²) in [6, 6.07) is 0. The van der Waals surface area contributed by atoms with Crippen molar-refractivity contribution in [2.45, 2.75) is 89.6 Å². The van der Waals surface area contributed by atoms with Gasteiger partial charge in [-0.3, -0.25) is 0 Å². The summed E-state index contributed by atoms with van der Waals surface area (Å²) in [5, 5.41) is 0. The Morgan fingerprint density at radius 2 is 1.28 bits per heavy atom. The van der Waals surface area contributed by atoms with Gasteiger partial charge in [0.15, 0.2) is 6.10 Å². The van der Waals surface area contributed by atoms with Gasteiger partial charge in [-0.15, -0.1) is 0 Å². The number of hydrogen-bond donors (Lipinski definition) is 0. The van der Waals surface area contributed by atoms with E-state index in [4.69, 9.17) is 19.6 Å². The normalized spacial score (nSPS) is 24.2. The second kappa shape index (κ2) is 7.43. The van der Waals surface area contributed by atoms with E-state index in [9.17, 15) is 0 Å². The summed E-state index contributed by atoms with van der Waals surface area (Å²) in [6.07, 6.45) is 14.5. The molecule has 2 aliphatic rings. The topological polar surface area (TPSA) is 43.5 Å². The van der Waals surface area contributed by atoms with Gasteiger partial charge < -0.3 is 0 Å². The molecule has 1 atom stereocenters. The van der Waals surface area contributed by atoms with E-state index in [1.165, 1.54) is 64.2 Å². The van der Waals surface area contributed by atoms with Crippen LogP contribution in [0, 0.1) is 0 Å². The van der Waals surface area contributed by atoms with Gasteiger partial charge in [0.05, 0.1) is 0 Å². The summed E-state index contributed by atoms with van der Waals surface area (Å²) in [4.78, 5) is 19.2. The smallest absolute Gasteiger partial charge is 0.219 e. The molecule has 2 aliphatic heterocycles. The number of unbranched alkanes of at least 4 members (excludes halogenated alkanes) is 9. The summed E-state index contributed by atoms with van der Waals surface area (Å²) in [5.74, 6) is -0.792. The van der Waals surface area contributed by atoms with Crippen molar-refractivity contribution in [3.63, 3.8) is 0 Å². The quantitative estimate of drug-likeness (QED) is 0.316. The molecule has 0 aromatic rings. The van der Waals surface area contributed by atoms with Gasteiger partial charge >= 0.3 is 5.97 Å². The molecule has 1 unspecified atom stereocenters. The van der Waals surface area contributed by atoms with Gasteiger partial charge in [0.2, 0.25) is 0 Å². The zero-order chi connectivity index (χ0) is 12.7. The summed E-state index contributed by atoms with van der Waals surface area (Å²) < 4.78 is 0. The average Bonchev–Trinajstić information content (AvgIpc) is 3.17.